The van der Waals surface area contributed by atoms with Crippen LogP contribution < -0.4 is 9.80 Å². The number of aryl methyl sites for hydroxylation is 6. The molecule has 1 aliphatic rings. The molecular weight excluding hydrogens is 610 g/mol. The van der Waals surface area contributed by atoms with Gasteiger partial charge in [0.25, 0.3) is 0 Å². The maximum atomic E-state index is 7.64. The van der Waals surface area contributed by atoms with Gasteiger partial charge >= 0.3 is 244 Å². The van der Waals surface area contributed by atoms with Gasteiger partial charge in [0.15, 0.2) is 0 Å². The van der Waals surface area contributed by atoms with Crippen LogP contribution in [0.3, 0.4) is 0 Å². The third kappa shape index (κ3) is 5.53. The maximum absolute atomic E-state index is 7.64. The number of benzene rings is 3. The summed E-state index contributed by atoms with van der Waals surface area (Å²) in [6.07, 6.45) is 1.82. The summed E-state index contributed by atoms with van der Waals surface area (Å²) in [6, 6.07) is 23.2. The molecule has 1 aromatic heterocycles. The molecule has 0 amide bonds. The fourth-order valence-corrected chi connectivity index (χ4v) is 12.0. The first-order chi connectivity index (χ1) is 18.6. The van der Waals surface area contributed by atoms with Crippen molar-refractivity contribution in [3.63, 3.8) is 0 Å². The number of hydrogen-bond donors (Lipinski definition) is 0. The number of aromatic nitrogens is 1. The number of rotatable bonds is 4. The normalized spacial score (nSPS) is 14.2. The van der Waals surface area contributed by atoms with Gasteiger partial charge in [0.05, 0.1) is 0 Å². The third-order valence-corrected chi connectivity index (χ3v) is 12.6. The van der Waals surface area contributed by atoms with E-state index in [0.29, 0.717) is 0 Å². The van der Waals surface area contributed by atoms with E-state index in [9.17, 15) is 0 Å². The zero-order valence-corrected chi connectivity index (χ0v) is 26.6. The van der Waals surface area contributed by atoms with Crippen molar-refractivity contribution in [2.75, 3.05) is 22.9 Å². The van der Waals surface area contributed by atoms with Crippen molar-refractivity contribution in [3.8, 4) is 11.3 Å². The Morgan fingerprint density at radius 3 is 1.67 bits per heavy atom. The van der Waals surface area contributed by atoms with Crippen molar-refractivity contribution < 1.29 is 11.9 Å². The predicted octanol–water partition coefficient (Wildman–Crippen LogP) is 8.33. The van der Waals surface area contributed by atoms with Crippen LogP contribution in [0.5, 0.6) is 0 Å². The van der Waals surface area contributed by atoms with Crippen LogP contribution in [0.2, 0.25) is 0 Å². The van der Waals surface area contributed by atoms with E-state index < -0.39 is 11.9 Å². The Balaban J connectivity index is 1.82. The molecular formula is C33H35Cl2N3Ru. The Labute approximate surface area is 243 Å². The second-order valence-electron chi connectivity index (χ2n) is 10.4. The molecule has 3 nitrogen and oxygen atoms in total. The summed E-state index contributed by atoms with van der Waals surface area (Å²) in [5.74, 6) is 0. The molecule has 0 radical (unpaired) electrons. The first kappa shape index (κ1) is 27.9. The van der Waals surface area contributed by atoms with Crippen LogP contribution in [-0.2, 0) is 11.9 Å². The van der Waals surface area contributed by atoms with Gasteiger partial charge in [0, 0.05) is 0 Å². The van der Waals surface area contributed by atoms with Crippen LogP contribution in [0.1, 0.15) is 38.9 Å². The van der Waals surface area contributed by atoms with Crippen molar-refractivity contribution in [3.05, 3.63) is 112 Å². The molecule has 204 valence electrons. The number of nitrogens with zero attached hydrogens (tertiary/aromatic N) is 3. The molecule has 0 spiro atoms. The number of hydrogen-bond acceptors (Lipinski definition) is 3. The molecule has 6 heteroatoms. The molecule has 1 fully saturated rings. The van der Waals surface area contributed by atoms with E-state index >= 15 is 0 Å². The number of pyridine rings is 1. The molecule has 1 saturated heterocycles. The van der Waals surface area contributed by atoms with Gasteiger partial charge in [-0.2, -0.15) is 0 Å². The molecule has 0 N–H and O–H groups in total. The first-order valence-electron chi connectivity index (χ1n) is 13.1. The van der Waals surface area contributed by atoms with Crippen molar-refractivity contribution in [1.29, 1.82) is 0 Å². The fourth-order valence-electron chi connectivity index (χ4n) is 5.90. The minimum absolute atomic E-state index is 0.824. The van der Waals surface area contributed by atoms with Gasteiger partial charge in [-0.15, -0.1) is 0 Å². The Morgan fingerprint density at radius 2 is 1.18 bits per heavy atom. The SMILES string of the molecule is Cc1cc(C)c(N2CCN(c3c(C)cc(C)cc3C)[C]2=[Ru]([Cl])([Cl])=[CH]c2ccccc2-c2ccccn2)c(C)c1. The van der Waals surface area contributed by atoms with Gasteiger partial charge in [0.1, 0.15) is 0 Å². The predicted molar refractivity (Wildman–Crippen MR) is 168 cm³/mol. The molecule has 0 aliphatic carbocycles. The van der Waals surface area contributed by atoms with Gasteiger partial charge in [-0.05, 0) is 0 Å². The van der Waals surface area contributed by atoms with Crippen LogP contribution in [0.15, 0.2) is 72.9 Å². The molecule has 3 aromatic carbocycles. The summed E-state index contributed by atoms with van der Waals surface area (Å²) in [7, 11) is 15.3. The van der Waals surface area contributed by atoms with E-state index in [1.165, 1.54) is 44.8 Å². The van der Waals surface area contributed by atoms with Gasteiger partial charge in [0.2, 0.25) is 0 Å². The van der Waals surface area contributed by atoms with Gasteiger partial charge < -0.3 is 0 Å². The van der Waals surface area contributed by atoms with Crippen molar-refractivity contribution in [2.24, 2.45) is 0 Å². The molecule has 5 rings (SSSR count). The zero-order chi connectivity index (χ0) is 27.9. The Kier molecular flexibility index (Phi) is 7.93. The number of anilines is 2. The van der Waals surface area contributed by atoms with Gasteiger partial charge in [-0.25, -0.2) is 0 Å². The minimum atomic E-state index is -3.65. The summed E-state index contributed by atoms with van der Waals surface area (Å²) >= 11 is -3.65. The van der Waals surface area contributed by atoms with Crippen LogP contribution in [0.25, 0.3) is 11.3 Å². The Bertz CT molecular complexity index is 1560. The number of halogens is 2. The van der Waals surface area contributed by atoms with Crippen molar-refractivity contribution in [1.82, 2.24) is 4.98 Å². The van der Waals surface area contributed by atoms with Gasteiger partial charge in [-0.1, -0.05) is 0 Å². The molecule has 0 bridgehead atoms. The summed E-state index contributed by atoms with van der Waals surface area (Å²) < 4.78 is 3.16. The third-order valence-electron chi connectivity index (χ3n) is 7.14. The van der Waals surface area contributed by atoms with E-state index in [0.717, 1.165) is 34.3 Å². The van der Waals surface area contributed by atoms with Crippen molar-refractivity contribution in [2.45, 2.75) is 41.5 Å². The molecule has 0 atom stereocenters. The Morgan fingerprint density at radius 1 is 0.692 bits per heavy atom. The Hall–Kier alpha value is -2.65. The summed E-state index contributed by atoms with van der Waals surface area (Å²) in [4.78, 5) is 9.41. The molecule has 2 heterocycles. The van der Waals surface area contributed by atoms with Gasteiger partial charge in [-0.3, -0.25) is 0 Å². The molecule has 39 heavy (non-hydrogen) atoms. The summed E-state index contributed by atoms with van der Waals surface area (Å²) in [5, 5.41) is 0. The molecule has 0 unspecified atom stereocenters. The second kappa shape index (κ2) is 11.1. The topological polar surface area (TPSA) is 19.4 Å². The average Bonchev–Trinajstić information content (AvgIpc) is 3.28. The standard InChI is InChI=1S/C21H26N2.C12H9N.2ClH.Ru/c1-14-9-16(3)20(17(4)10-14)22-7-8-23(13-22)21-18(5)11-15(2)12-19(21)6;1-10-6-2-3-7-11(10)12-8-4-5-9-13-12;;;/h9-12H,7-8H2,1-6H3;1-9H;2*1H;/q;;;;+2/p-2. The van der Waals surface area contributed by atoms with Crippen molar-refractivity contribution >= 4 is 39.7 Å². The molecule has 0 saturated carbocycles. The summed E-state index contributed by atoms with van der Waals surface area (Å²) in [5.41, 5.74) is 12.8. The zero-order valence-electron chi connectivity index (χ0n) is 23.4. The van der Waals surface area contributed by atoms with Crippen LogP contribution in [0, 0.1) is 41.5 Å². The van der Waals surface area contributed by atoms with Crippen LogP contribution in [0.4, 0.5) is 11.4 Å². The monoisotopic (exact) mass is 645 g/mol. The van der Waals surface area contributed by atoms with Crippen LogP contribution in [-0.4, -0.2) is 27.0 Å². The average molecular weight is 646 g/mol. The van der Waals surface area contributed by atoms with E-state index in [1.807, 2.05) is 36.5 Å². The van der Waals surface area contributed by atoms with E-state index in [-0.39, 0.29) is 0 Å². The second-order valence-corrected chi connectivity index (χ2v) is 19.6. The fraction of sp³-hybridized carbons (Fsp3) is 0.242. The van der Waals surface area contributed by atoms with Crippen LogP contribution >= 0.6 is 19.4 Å². The van der Waals surface area contributed by atoms with E-state index in [1.54, 1.807) is 0 Å². The first-order valence-corrected chi connectivity index (χ1v) is 19.5. The molecule has 1 aliphatic heterocycles. The van der Waals surface area contributed by atoms with E-state index in [4.69, 9.17) is 19.4 Å². The van der Waals surface area contributed by atoms with E-state index in [2.05, 4.69) is 97.3 Å². The molecule has 4 aromatic rings. The quantitative estimate of drug-likeness (QED) is 0.208. The summed E-state index contributed by atoms with van der Waals surface area (Å²) in [6.45, 7) is 14.7.